The Morgan fingerprint density at radius 1 is 1.08 bits per heavy atom. The third-order valence-corrected chi connectivity index (χ3v) is 3.55. The molecule has 7 nitrogen and oxygen atoms in total. The molecular formula is C17H18N6O. The average molecular weight is 322 g/mol. The van der Waals surface area contributed by atoms with Crippen molar-refractivity contribution in [3.8, 4) is 0 Å². The number of aryl methyl sites for hydroxylation is 3. The summed E-state index contributed by atoms with van der Waals surface area (Å²) in [6.07, 6.45) is 0. The van der Waals surface area contributed by atoms with E-state index < -0.39 is 5.91 Å². The van der Waals surface area contributed by atoms with Crippen molar-refractivity contribution in [2.75, 3.05) is 0 Å². The SMILES string of the molecule is C=C(NNC(=O)c1nc2nc(C)cc(C)n2n1)c1ccc(C)cc1. The van der Waals surface area contributed by atoms with Gasteiger partial charge in [-0.15, -0.1) is 5.10 Å². The van der Waals surface area contributed by atoms with Crippen molar-refractivity contribution in [2.45, 2.75) is 20.8 Å². The highest BCUT2D eigenvalue weighted by Crippen LogP contribution is 2.10. The number of benzene rings is 1. The number of fused-ring (bicyclic) bond motifs is 1. The summed E-state index contributed by atoms with van der Waals surface area (Å²) in [6.45, 7) is 9.67. The van der Waals surface area contributed by atoms with E-state index in [2.05, 4.69) is 32.5 Å². The molecule has 0 aliphatic rings. The van der Waals surface area contributed by atoms with Gasteiger partial charge in [-0.05, 0) is 32.4 Å². The van der Waals surface area contributed by atoms with Crippen molar-refractivity contribution in [1.29, 1.82) is 0 Å². The van der Waals surface area contributed by atoms with E-state index in [9.17, 15) is 4.79 Å². The van der Waals surface area contributed by atoms with Crippen LogP contribution < -0.4 is 10.9 Å². The highest BCUT2D eigenvalue weighted by Gasteiger charge is 2.15. The number of hydrazine groups is 1. The lowest BCUT2D eigenvalue weighted by Gasteiger charge is -2.10. The molecule has 1 aromatic carbocycles. The summed E-state index contributed by atoms with van der Waals surface area (Å²) in [5.74, 6) is -0.0127. The van der Waals surface area contributed by atoms with Crippen LogP contribution in [-0.2, 0) is 0 Å². The number of carbonyl (C=O) groups excluding carboxylic acids is 1. The molecule has 0 bridgehead atoms. The maximum absolute atomic E-state index is 12.2. The first-order chi connectivity index (χ1) is 11.4. The fourth-order valence-corrected chi connectivity index (χ4v) is 2.28. The predicted octanol–water partition coefficient (Wildman–Crippen LogP) is 1.95. The molecule has 24 heavy (non-hydrogen) atoms. The van der Waals surface area contributed by atoms with Gasteiger partial charge >= 0.3 is 5.91 Å². The van der Waals surface area contributed by atoms with Gasteiger partial charge in [-0.25, -0.2) is 9.50 Å². The molecule has 122 valence electrons. The Bertz CT molecular complexity index is 926. The lowest BCUT2D eigenvalue weighted by molar-refractivity contribution is 0.0932. The Balaban J connectivity index is 1.72. The van der Waals surface area contributed by atoms with E-state index in [1.165, 1.54) is 4.52 Å². The molecule has 3 rings (SSSR count). The first kappa shape index (κ1) is 15.7. The van der Waals surface area contributed by atoms with Crippen LogP contribution in [-0.4, -0.2) is 25.5 Å². The standard InChI is InChI=1S/C17H18N6O/c1-10-5-7-14(8-6-10)13(4)20-21-16(24)15-19-17-18-11(2)9-12(3)23(17)22-15/h5-9,20H,4H2,1-3H3,(H,21,24). The summed E-state index contributed by atoms with van der Waals surface area (Å²) in [5, 5.41) is 4.18. The summed E-state index contributed by atoms with van der Waals surface area (Å²) in [4.78, 5) is 20.6. The van der Waals surface area contributed by atoms with Crippen LogP contribution in [0.4, 0.5) is 0 Å². The van der Waals surface area contributed by atoms with E-state index >= 15 is 0 Å². The van der Waals surface area contributed by atoms with E-state index in [1.54, 1.807) is 0 Å². The van der Waals surface area contributed by atoms with Crippen LogP contribution in [0.25, 0.3) is 11.5 Å². The molecule has 0 aliphatic carbocycles. The molecule has 0 aliphatic heterocycles. The van der Waals surface area contributed by atoms with E-state index in [4.69, 9.17) is 0 Å². The number of rotatable bonds is 4. The predicted molar refractivity (Wildman–Crippen MR) is 91.1 cm³/mol. The molecule has 0 spiro atoms. The number of nitrogens with one attached hydrogen (secondary N) is 2. The van der Waals surface area contributed by atoms with Gasteiger partial charge in [0.2, 0.25) is 5.82 Å². The topological polar surface area (TPSA) is 84.2 Å². The molecular weight excluding hydrogens is 304 g/mol. The number of hydrogen-bond acceptors (Lipinski definition) is 5. The molecule has 0 saturated carbocycles. The highest BCUT2D eigenvalue weighted by atomic mass is 16.2. The van der Waals surface area contributed by atoms with Crippen molar-refractivity contribution in [1.82, 2.24) is 30.4 Å². The van der Waals surface area contributed by atoms with E-state index in [0.29, 0.717) is 11.5 Å². The Kier molecular flexibility index (Phi) is 3.99. The van der Waals surface area contributed by atoms with Crippen molar-refractivity contribution < 1.29 is 4.79 Å². The van der Waals surface area contributed by atoms with Crippen LogP contribution in [0.2, 0.25) is 0 Å². The fraction of sp³-hybridized carbons (Fsp3) is 0.176. The van der Waals surface area contributed by atoms with E-state index in [0.717, 1.165) is 22.5 Å². The molecule has 0 fully saturated rings. The van der Waals surface area contributed by atoms with Crippen LogP contribution in [0.15, 0.2) is 36.9 Å². The number of hydrogen-bond donors (Lipinski definition) is 2. The molecule has 7 heteroatoms. The molecule has 0 unspecified atom stereocenters. The largest absolute Gasteiger partial charge is 0.309 e. The molecule has 3 aromatic rings. The maximum Gasteiger partial charge on any atom is 0.309 e. The van der Waals surface area contributed by atoms with Gasteiger partial charge in [-0.3, -0.25) is 15.6 Å². The van der Waals surface area contributed by atoms with Crippen molar-refractivity contribution >= 4 is 17.4 Å². The molecule has 1 amide bonds. The van der Waals surface area contributed by atoms with Crippen LogP contribution in [0.5, 0.6) is 0 Å². The minimum atomic E-state index is -0.453. The zero-order valence-corrected chi connectivity index (χ0v) is 13.8. The number of nitrogens with zero attached hydrogens (tertiary/aromatic N) is 4. The van der Waals surface area contributed by atoms with Crippen molar-refractivity contribution in [2.24, 2.45) is 0 Å². The zero-order valence-electron chi connectivity index (χ0n) is 13.8. The summed E-state index contributed by atoms with van der Waals surface area (Å²) in [7, 11) is 0. The first-order valence-electron chi connectivity index (χ1n) is 7.47. The van der Waals surface area contributed by atoms with Gasteiger partial charge in [-0.1, -0.05) is 36.4 Å². The number of aromatic nitrogens is 4. The first-order valence-corrected chi connectivity index (χ1v) is 7.47. The third-order valence-electron chi connectivity index (χ3n) is 3.55. The minimum Gasteiger partial charge on any atom is -0.298 e. The van der Waals surface area contributed by atoms with E-state index in [-0.39, 0.29) is 5.82 Å². The van der Waals surface area contributed by atoms with Crippen molar-refractivity contribution in [3.05, 3.63) is 65.2 Å². The van der Waals surface area contributed by atoms with Crippen molar-refractivity contribution in [3.63, 3.8) is 0 Å². The second-order valence-corrected chi connectivity index (χ2v) is 5.61. The van der Waals surface area contributed by atoms with Crippen LogP contribution in [0.1, 0.15) is 33.1 Å². The second-order valence-electron chi connectivity index (χ2n) is 5.61. The second kappa shape index (κ2) is 6.11. The van der Waals surface area contributed by atoms with Crippen LogP contribution in [0, 0.1) is 20.8 Å². The molecule has 0 atom stereocenters. The zero-order chi connectivity index (χ0) is 17.3. The van der Waals surface area contributed by atoms with Gasteiger partial charge in [0.25, 0.3) is 5.78 Å². The van der Waals surface area contributed by atoms with Gasteiger partial charge in [-0.2, -0.15) is 4.98 Å². The van der Waals surface area contributed by atoms with Crippen LogP contribution in [0.3, 0.4) is 0 Å². The number of amides is 1. The Morgan fingerprint density at radius 3 is 2.50 bits per heavy atom. The summed E-state index contributed by atoms with van der Waals surface area (Å²) >= 11 is 0. The smallest absolute Gasteiger partial charge is 0.298 e. The summed E-state index contributed by atoms with van der Waals surface area (Å²) < 4.78 is 1.54. The average Bonchev–Trinajstić information content (AvgIpc) is 2.97. The molecule has 2 heterocycles. The Hall–Kier alpha value is -3.22. The van der Waals surface area contributed by atoms with Gasteiger partial charge in [0, 0.05) is 11.4 Å². The summed E-state index contributed by atoms with van der Waals surface area (Å²) in [6, 6.07) is 9.68. The van der Waals surface area contributed by atoms with Gasteiger partial charge in [0.15, 0.2) is 0 Å². The molecule has 0 saturated heterocycles. The normalized spacial score (nSPS) is 10.6. The van der Waals surface area contributed by atoms with Crippen LogP contribution >= 0.6 is 0 Å². The monoisotopic (exact) mass is 322 g/mol. The quantitative estimate of drug-likeness (QED) is 0.717. The lowest BCUT2D eigenvalue weighted by Crippen LogP contribution is -2.36. The van der Waals surface area contributed by atoms with Gasteiger partial charge in [0.1, 0.15) is 0 Å². The Morgan fingerprint density at radius 2 is 1.79 bits per heavy atom. The van der Waals surface area contributed by atoms with Gasteiger partial charge in [0.05, 0.1) is 5.70 Å². The molecule has 0 radical (unpaired) electrons. The Labute approximate surface area is 139 Å². The highest BCUT2D eigenvalue weighted by molar-refractivity contribution is 5.91. The molecule has 2 aromatic heterocycles. The van der Waals surface area contributed by atoms with E-state index in [1.807, 2.05) is 51.1 Å². The third kappa shape index (κ3) is 3.10. The number of carbonyl (C=O) groups is 1. The molecule has 2 N–H and O–H groups in total. The summed E-state index contributed by atoms with van der Waals surface area (Å²) in [5.41, 5.74) is 9.64. The lowest BCUT2D eigenvalue weighted by atomic mass is 10.1. The fourth-order valence-electron chi connectivity index (χ4n) is 2.28. The minimum absolute atomic E-state index is 0.0420. The maximum atomic E-state index is 12.2. The van der Waals surface area contributed by atoms with Gasteiger partial charge < -0.3 is 0 Å².